The second-order valence-electron chi connectivity index (χ2n) is 29.1. The van der Waals surface area contributed by atoms with E-state index >= 15 is 0 Å². The van der Waals surface area contributed by atoms with Gasteiger partial charge in [-0.3, -0.25) is 72.9 Å². The number of aliphatic carboxylic acids is 2. The number of nitrogens with one attached hydrogen (secondary N) is 11. The molecule has 43 heteroatoms. The van der Waals surface area contributed by atoms with Gasteiger partial charge in [-0.1, -0.05) is 54.5 Å². The fourth-order valence-electron chi connectivity index (χ4n) is 14.6. The minimum absolute atomic E-state index is 0.00509. The molecule has 3 aliphatic rings. The van der Waals surface area contributed by atoms with E-state index in [1.807, 2.05) is 36.9 Å². The standard InChI is InChI=1S/C79H92Cl2N18O20S3/c1-8-47-37(2)50-32-55-62(41(6)100)39(4)52(88-55)30-51-38(3)48(66(91-51)64-65(77(113)118-7)69(104)63-40(5)53(92-67(63)64)31-54(47)87-50)17-19-59(101)89-56(29-42-9-15-46(16-10-42)99(24-21-80)25-22-81)73(107)97-98-79(114)119-26-27-120-121-36-58(76(111)112)94-72(106)57(33-61(103)83-23-28-122(115,116)117)90-60(102)20-18-49(75(109)110)93-71(105)43-11-13-44(14-12-43)84-34-45-35-85-70-68(86-45)74(108)96-78(82)95-70/h9-16,30-32,35,37-38,47-49,56-58,65,84,88,92H,8,17-29,33-34,36H2,1-7H3,(H,83,103)(H,89,101)(H,90,102)(H,93,105)(H,94,106)(H,97,107)(H,98,114)(H,109,110)(H,111,112)(H,115,116,117)(H3,82,85,95,96,108)/t37-,38+,47-,48+,49+,56?,57+,58+,65?/m1/s1. The minimum atomic E-state index is -4.57. The third-order valence-corrected chi connectivity index (χ3v) is 24.4. The van der Waals surface area contributed by atoms with Crippen molar-refractivity contribution < 1.29 is 90.2 Å². The van der Waals surface area contributed by atoms with E-state index in [0.717, 1.165) is 45.1 Å². The van der Waals surface area contributed by atoms with Crippen LogP contribution in [0.2, 0.25) is 0 Å². The van der Waals surface area contributed by atoms with Crippen molar-refractivity contribution in [3.63, 3.8) is 0 Å². The average molecular weight is 1780 g/mol. The summed E-state index contributed by atoms with van der Waals surface area (Å²) in [5, 5.41) is 35.1. The Labute approximate surface area is 715 Å². The highest BCUT2D eigenvalue weighted by Crippen LogP contribution is 2.49. The molecule has 10 rings (SSSR count). The monoisotopic (exact) mass is 1780 g/mol. The number of aromatic nitrogens is 8. The molecule has 0 saturated carbocycles. The van der Waals surface area contributed by atoms with E-state index < -0.39 is 154 Å². The number of H-pyrrole nitrogens is 3. The number of alkyl halides is 2. The summed E-state index contributed by atoms with van der Waals surface area (Å²) < 4.78 is 42.5. The number of carboxylic acids is 2. The number of hydrogen-bond acceptors (Lipinski definition) is 27. The Hall–Kier alpha value is -11.8. The summed E-state index contributed by atoms with van der Waals surface area (Å²) >= 11 is 12.2. The predicted octanol–water partition coefficient (Wildman–Crippen LogP) is 6.03. The van der Waals surface area contributed by atoms with E-state index in [4.69, 9.17) is 48.4 Å². The average Bonchev–Trinajstić information content (AvgIpc) is 1.56. The number of carboxylic acid groups (broad SMARTS) is 2. The first-order valence-electron chi connectivity index (χ1n) is 38.7. The van der Waals surface area contributed by atoms with Gasteiger partial charge in [-0.2, -0.15) is 13.4 Å². The number of benzene rings is 2. The number of nitrogens with zero attached hydrogens (tertiary/aromatic N) is 6. The molecular weight excluding hydrogens is 1690 g/mol. The summed E-state index contributed by atoms with van der Waals surface area (Å²) in [5.41, 5.74) is 18.4. The fraction of sp³-hybridized carbons (Fsp3) is 0.418. The highest BCUT2D eigenvalue weighted by atomic mass is 35.5. The molecule has 650 valence electrons. The van der Waals surface area contributed by atoms with Gasteiger partial charge in [0.15, 0.2) is 22.7 Å². The van der Waals surface area contributed by atoms with E-state index in [9.17, 15) is 85.5 Å². The Morgan fingerprint density at radius 2 is 1.38 bits per heavy atom. The molecule has 2 aliphatic heterocycles. The molecule has 16 N–H and O–H groups in total. The summed E-state index contributed by atoms with van der Waals surface area (Å²) in [6, 6.07) is 11.8. The number of nitrogens with two attached hydrogens (primary N) is 1. The number of halogens is 2. The molecule has 5 aromatic heterocycles. The maximum atomic E-state index is 14.8. The van der Waals surface area contributed by atoms with Crippen LogP contribution in [0.25, 0.3) is 33.2 Å². The summed E-state index contributed by atoms with van der Waals surface area (Å²) in [6.45, 7) is 11.2. The van der Waals surface area contributed by atoms with Gasteiger partial charge in [-0.25, -0.2) is 29.8 Å². The zero-order valence-electron chi connectivity index (χ0n) is 67.2. The van der Waals surface area contributed by atoms with E-state index in [0.29, 0.717) is 91.9 Å². The number of methoxy groups -OCH3 is 1. The van der Waals surface area contributed by atoms with Gasteiger partial charge in [0.1, 0.15) is 36.7 Å². The van der Waals surface area contributed by atoms with Gasteiger partial charge in [-0.05, 0) is 111 Å². The normalized spacial score (nSPS) is 16.3. The van der Waals surface area contributed by atoms with Gasteiger partial charge in [0.25, 0.3) is 27.5 Å². The molecule has 122 heavy (non-hydrogen) atoms. The van der Waals surface area contributed by atoms with Crippen LogP contribution in [0.5, 0.6) is 0 Å². The summed E-state index contributed by atoms with van der Waals surface area (Å²) in [6.07, 6.45) is -1.53. The SMILES string of the molecule is CC[C@H]1c2cc3[nH]c4c(c3C)C(=O)C(C(=O)OC)c4c3nc(cc4[nH]c(cc(n2)[C@@H]1C)c(C(C)=O)c4C)[C@@H](C)[C@@H]3CCC(=O)NC(Cc1ccc(N(CCCl)CCCl)cc1)C(=O)NNC(=O)OCCSSC[C@H](NC(=O)[C@H](CC(=O)NCCS(=O)(=O)O)NC(=O)CC[C@H](NC(=O)c1ccc(NCc2cnc3nc(N)[nH]c(=O)c3n2)cc1)C(=O)O)C(=O)O. The number of hydrogen-bond donors (Lipinski definition) is 15. The molecule has 7 heterocycles. The van der Waals surface area contributed by atoms with Crippen LogP contribution < -0.4 is 58.9 Å². The summed E-state index contributed by atoms with van der Waals surface area (Å²) in [4.78, 5) is 209. The first kappa shape index (κ1) is 92.5. The van der Waals surface area contributed by atoms with Crippen molar-refractivity contribution in [2.45, 2.75) is 147 Å². The number of fused-ring (bicyclic) bond motifs is 9. The Bertz CT molecular complexity index is 5560. The topological polar surface area (TPSA) is 573 Å². The summed E-state index contributed by atoms with van der Waals surface area (Å²) in [7, 11) is -1.52. The number of aromatic amines is 3. The lowest BCUT2D eigenvalue weighted by atomic mass is 9.83. The quantitative estimate of drug-likeness (QED) is 0.00305. The predicted molar refractivity (Wildman–Crippen MR) is 454 cm³/mol. The molecule has 8 bridgehead atoms. The molecule has 1 aliphatic carbocycles. The van der Waals surface area contributed by atoms with E-state index in [-0.39, 0.29) is 95.3 Å². The second-order valence-corrected chi connectivity index (χ2v) is 34.1. The van der Waals surface area contributed by atoms with Crippen molar-refractivity contribution in [1.82, 2.24) is 77.3 Å². The third-order valence-electron chi connectivity index (χ3n) is 20.9. The molecule has 0 saturated heterocycles. The molecule has 7 amide bonds. The number of nitrogen functional groups attached to an aromatic ring is 1. The molecule has 2 aromatic carbocycles. The van der Waals surface area contributed by atoms with Crippen LogP contribution >= 0.6 is 44.8 Å². The van der Waals surface area contributed by atoms with Crippen molar-refractivity contribution in [2.75, 3.05) is 78.3 Å². The number of ether oxygens (including phenoxy) is 2. The van der Waals surface area contributed by atoms with Crippen LogP contribution in [0, 0.1) is 13.8 Å². The Morgan fingerprint density at radius 3 is 2.04 bits per heavy atom. The van der Waals surface area contributed by atoms with Gasteiger partial charge >= 0.3 is 24.0 Å². The third kappa shape index (κ3) is 23.3. The Balaban J connectivity index is 0.766. The maximum absolute atomic E-state index is 14.8. The first-order valence-corrected chi connectivity index (χ1v) is 43.8. The molecule has 2 unspecified atom stereocenters. The minimum Gasteiger partial charge on any atom is -0.480 e. The number of ketones is 2. The number of carbonyl (C=O) groups excluding carboxylic acids is 10. The van der Waals surface area contributed by atoms with Gasteiger partial charge in [0, 0.05) is 148 Å². The zero-order chi connectivity index (χ0) is 88.6. The maximum Gasteiger partial charge on any atom is 0.426 e. The number of anilines is 3. The molecule has 0 spiro atoms. The van der Waals surface area contributed by atoms with Gasteiger partial charge in [0.05, 0.1) is 54.4 Å². The molecule has 9 atom stereocenters. The van der Waals surface area contributed by atoms with Crippen molar-refractivity contribution in [2.24, 2.45) is 0 Å². The summed E-state index contributed by atoms with van der Waals surface area (Å²) in [5.74, 6) is -13.8. The van der Waals surface area contributed by atoms with Gasteiger partial charge in [-0.15, -0.1) is 23.2 Å². The van der Waals surface area contributed by atoms with Gasteiger partial charge < -0.3 is 72.2 Å². The zero-order valence-corrected chi connectivity index (χ0v) is 71.1. The van der Waals surface area contributed by atoms with Crippen LogP contribution in [-0.4, -0.2) is 221 Å². The molecule has 7 aromatic rings. The number of hydrazine groups is 1. The lowest BCUT2D eigenvalue weighted by Gasteiger charge is -2.24. The molecular formula is C79H92Cl2N18O20S3. The van der Waals surface area contributed by atoms with Crippen LogP contribution in [0.1, 0.15) is 178 Å². The number of carbonyl (C=O) groups is 12. The Morgan fingerprint density at radius 1 is 0.721 bits per heavy atom. The number of rotatable bonds is 39. The van der Waals surface area contributed by atoms with Crippen molar-refractivity contribution in [3.05, 3.63) is 151 Å². The number of aryl methyl sites for hydroxylation is 2. The largest absolute Gasteiger partial charge is 0.480 e. The van der Waals surface area contributed by atoms with Crippen LogP contribution in [0.3, 0.4) is 0 Å². The second kappa shape index (κ2) is 41.7. The lowest BCUT2D eigenvalue weighted by Crippen LogP contribution is -2.54. The first-order chi connectivity index (χ1) is 58.1. The number of amides is 7. The van der Waals surface area contributed by atoms with E-state index in [1.54, 1.807) is 31.2 Å². The smallest absolute Gasteiger partial charge is 0.426 e. The van der Waals surface area contributed by atoms with Crippen molar-refractivity contribution >= 4 is 176 Å². The van der Waals surface area contributed by atoms with Gasteiger partial charge in [0.2, 0.25) is 29.6 Å². The number of Topliss-reactive ketones (excluding diaryl/α,β-unsaturated/α-hetero) is 2. The van der Waals surface area contributed by atoms with E-state index in [2.05, 4.69) is 86.5 Å². The number of esters is 1. The van der Waals surface area contributed by atoms with Crippen molar-refractivity contribution in [3.8, 4) is 0 Å². The lowest BCUT2D eigenvalue weighted by molar-refractivity contribution is -0.142. The highest BCUT2D eigenvalue weighted by molar-refractivity contribution is 8.76. The van der Waals surface area contributed by atoms with Crippen molar-refractivity contribution in [1.29, 1.82) is 0 Å². The molecule has 0 fully saturated rings. The highest BCUT2D eigenvalue weighted by Gasteiger charge is 2.46. The fourth-order valence-corrected chi connectivity index (χ4v) is 17.3. The van der Waals surface area contributed by atoms with E-state index in [1.165, 1.54) is 44.5 Å². The van der Waals surface area contributed by atoms with Crippen LogP contribution in [-0.2, 0) is 70.9 Å². The van der Waals surface area contributed by atoms with Crippen LogP contribution in [0.4, 0.5) is 22.1 Å². The molecule has 0 radical (unpaired) electrons. The molecule has 38 nitrogen and oxygen atoms in total. The Kier molecular flexibility index (Phi) is 31.6. The van der Waals surface area contributed by atoms with Crippen LogP contribution in [0.15, 0.2) is 77.7 Å².